The van der Waals surface area contributed by atoms with Gasteiger partial charge in [-0.1, -0.05) is 25.6 Å². The number of nitrogens with zero attached hydrogens (tertiary/aromatic N) is 3. The topological polar surface area (TPSA) is 90.0 Å². The van der Waals surface area contributed by atoms with Crippen molar-refractivity contribution in [3.05, 3.63) is 59.8 Å². The lowest BCUT2D eigenvalue weighted by atomic mass is 10.1. The average molecular weight is 439 g/mol. The van der Waals surface area contributed by atoms with E-state index in [1.807, 2.05) is 32.9 Å². The van der Waals surface area contributed by atoms with Crippen molar-refractivity contribution in [3.63, 3.8) is 0 Å². The number of amides is 1. The molecule has 1 N–H and O–H groups in total. The number of aromatic nitrogens is 3. The molecule has 0 aliphatic heterocycles. The molecular weight excluding hydrogens is 412 g/mol. The van der Waals surface area contributed by atoms with Crippen molar-refractivity contribution in [2.24, 2.45) is 5.92 Å². The molecule has 3 aromatic rings. The maximum atomic E-state index is 13.0. The van der Waals surface area contributed by atoms with Gasteiger partial charge in [0.05, 0.1) is 18.1 Å². The van der Waals surface area contributed by atoms with Gasteiger partial charge in [0.15, 0.2) is 10.9 Å². The predicted octanol–water partition coefficient (Wildman–Crippen LogP) is 4.75. The van der Waals surface area contributed by atoms with Crippen molar-refractivity contribution >= 4 is 29.1 Å². The minimum atomic E-state index is -0.331. The number of nitrogens with one attached hydrogen (secondary N) is 1. The molecule has 0 spiro atoms. The van der Waals surface area contributed by atoms with Crippen molar-refractivity contribution in [2.45, 2.75) is 56.5 Å². The van der Waals surface area contributed by atoms with Crippen molar-refractivity contribution in [2.75, 3.05) is 5.32 Å². The number of hydrogen-bond acceptors (Lipinski definition) is 6. The molecule has 8 heteroatoms. The van der Waals surface area contributed by atoms with E-state index in [0.717, 1.165) is 29.6 Å². The smallest absolute Gasteiger partial charge is 0.226 e. The summed E-state index contributed by atoms with van der Waals surface area (Å²) in [5.41, 5.74) is 1.28. The number of rotatable bonds is 9. The third-order valence-electron chi connectivity index (χ3n) is 5.19. The highest BCUT2D eigenvalue weighted by Crippen LogP contribution is 2.40. The van der Waals surface area contributed by atoms with Crippen LogP contribution in [0, 0.1) is 5.92 Å². The highest BCUT2D eigenvalue weighted by Gasteiger charge is 2.31. The Hall–Kier alpha value is -2.87. The van der Waals surface area contributed by atoms with E-state index >= 15 is 0 Å². The molecule has 1 aliphatic carbocycles. The van der Waals surface area contributed by atoms with Crippen LogP contribution in [0.25, 0.3) is 0 Å². The molecule has 1 saturated carbocycles. The monoisotopic (exact) mass is 438 g/mol. The van der Waals surface area contributed by atoms with Gasteiger partial charge in [-0.2, -0.15) is 0 Å². The Bertz CT molecular complexity index is 1050. The molecule has 162 valence electrons. The van der Waals surface area contributed by atoms with Gasteiger partial charge in [-0.25, -0.2) is 0 Å². The van der Waals surface area contributed by atoms with Crippen LogP contribution >= 0.6 is 11.8 Å². The molecule has 1 amide bonds. The number of carbonyl (C=O) groups is 2. The molecule has 0 unspecified atom stereocenters. The highest BCUT2D eigenvalue weighted by molar-refractivity contribution is 8.00. The van der Waals surface area contributed by atoms with Crippen molar-refractivity contribution in [3.8, 4) is 0 Å². The average Bonchev–Trinajstić information content (AvgIpc) is 3.33. The van der Waals surface area contributed by atoms with Gasteiger partial charge in [-0.3, -0.25) is 14.2 Å². The summed E-state index contributed by atoms with van der Waals surface area (Å²) in [6.07, 6.45) is 3.90. The van der Waals surface area contributed by atoms with Crippen molar-refractivity contribution in [1.82, 2.24) is 14.8 Å². The standard InChI is InChI=1S/C23H26N4O3S/c1-14(2)22(29)24-18-10-8-16(9-11-18)20(28)15(3)31-23-26-25-21(17-6-7-17)27(23)13-19-5-4-12-30-19/h4-5,8-12,14-15,17H,6-7,13H2,1-3H3,(H,24,29)/t15-/m1/s1. The van der Waals surface area contributed by atoms with Crippen LogP contribution in [0.4, 0.5) is 5.69 Å². The van der Waals surface area contributed by atoms with E-state index in [9.17, 15) is 9.59 Å². The van der Waals surface area contributed by atoms with E-state index in [0.29, 0.717) is 23.7 Å². The second kappa shape index (κ2) is 9.09. The number of furan rings is 1. The van der Waals surface area contributed by atoms with Gasteiger partial charge in [-0.15, -0.1) is 10.2 Å². The van der Waals surface area contributed by atoms with E-state index in [4.69, 9.17) is 4.42 Å². The van der Waals surface area contributed by atoms with Crippen LogP contribution in [0.15, 0.2) is 52.2 Å². The van der Waals surface area contributed by atoms with E-state index < -0.39 is 0 Å². The number of Topliss-reactive ketones (excluding diaryl/α,β-unsaturated/α-hetero) is 1. The van der Waals surface area contributed by atoms with Crippen molar-refractivity contribution < 1.29 is 14.0 Å². The first-order valence-electron chi connectivity index (χ1n) is 10.5. The summed E-state index contributed by atoms with van der Waals surface area (Å²) >= 11 is 1.41. The van der Waals surface area contributed by atoms with Crippen LogP contribution < -0.4 is 5.32 Å². The fraction of sp³-hybridized carbons (Fsp3) is 0.391. The number of anilines is 1. The molecule has 0 bridgehead atoms. The summed E-state index contributed by atoms with van der Waals surface area (Å²) in [5.74, 6) is 2.09. The van der Waals surface area contributed by atoms with Crippen LogP contribution in [0.3, 0.4) is 0 Å². The normalized spacial score (nSPS) is 14.6. The summed E-state index contributed by atoms with van der Waals surface area (Å²) in [4.78, 5) is 24.8. The van der Waals surface area contributed by atoms with Crippen LogP contribution in [-0.4, -0.2) is 31.7 Å². The third kappa shape index (κ3) is 5.07. The van der Waals surface area contributed by atoms with Gasteiger partial charge in [0.2, 0.25) is 5.91 Å². The third-order valence-corrected chi connectivity index (χ3v) is 6.28. The van der Waals surface area contributed by atoms with Gasteiger partial charge >= 0.3 is 0 Å². The predicted molar refractivity (Wildman–Crippen MR) is 119 cm³/mol. The zero-order valence-electron chi connectivity index (χ0n) is 17.9. The fourth-order valence-electron chi connectivity index (χ4n) is 3.19. The Morgan fingerprint density at radius 3 is 2.52 bits per heavy atom. The SMILES string of the molecule is CC(C)C(=O)Nc1ccc(C(=O)[C@@H](C)Sc2nnc(C3CC3)n2Cc2ccco2)cc1. The second-order valence-electron chi connectivity index (χ2n) is 8.13. The minimum absolute atomic E-state index is 0.00672. The minimum Gasteiger partial charge on any atom is -0.467 e. The Kier molecular flexibility index (Phi) is 6.27. The molecule has 31 heavy (non-hydrogen) atoms. The van der Waals surface area contributed by atoms with E-state index in [2.05, 4.69) is 20.1 Å². The summed E-state index contributed by atoms with van der Waals surface area (Å²) in [7, 11) is 0. The second-order valence-corrected chi connectivity index (χ2v) is 9.43. The van der Waals surface area contributed by atoms with Gasteiger partial charge in [0.1, 0.15) is 11.6 Å². The van der Waals surface area contributed by atoms with Crippen molar-refractivity contribution in [1.29, 1.82) is 0 Å². The molecule has 1 fully saturated rings. The molecule has 0 saturated heterocycles. The van der Waals surface area contributed by atoms with Gasteiger partial charge < -0.3 is 9.73 Å². The van der Waals surface area contributed by atoms with E-state index in [1.54, 1.807) is 30.5 Å². The Labute approximate surface area is 185 Å². The summed E-state index contributed by atoms with van der Waals surface area (Å²) in [5, 5.41) is 12.0. The number of benzene rings is 1. The van der Waals surface area contributed by atoms with E-state index in [1.165, 1.54) is 11.8 Å². The number of hydrogen-bond donors (Lipinski definition) is 1. The summed E-state index contributed by atoms with van der Waals surface area (Å²) < 4.78 is 7.57. The summed E-state index contributed by atoms with van der Waals surface area (Å²) in [6, 6.07) is 10.8. The first-order valence-corrected chi connectivity index (χ1v) is 11.4. The van der Waals surface area contributed by atoms with Crippen LogP contribution in [-0.2, 0) is 11.3 Å². The lowest BCUT2D eigenvalue weighted by molar-refractivity contribution is -0.118. The summed E-state index contributed by atoms with van der Waals surface area (Å²) in [6.45, 7) is 6.11. The lowest BCUT2D eigenvalue weighted by Crippen LogP contribution is -2.18. The van der Waals surface area contributed by atoms with E-state index in [-0.39, 0.29) is 22.9 Å². The largest absolute Gasteiger partial charge is 0.467 e. The Morgan fingerprint density at radius 2 is 1.90 bits per heavy atom. The van der Waals surface area contributed by atoms with Gasteiger partial charge in [-0.05, 0) is 56.2 Å². The number of ketones is 1. The molecule has 1 atom stereocenters. The number of carbonyl (C=O) groups excluding carboxylic acids is 2. The molecular formula is C23H26N4O3S. The maximum Gasteiger partial charge on any atom is 0.226 e. The van der Waals surface area contributed by atoms with Gasteiger partial charge in [0, 0.05) is 23.1 Å². The fourth-order valence-corrected chi connectivity index (χ4v) is 4.12. The maximum absolute atomic E-state index is 13.0. The molecule has 2 heterocycles. The molecule has 1 aliphatic rings. The Morgan fingerprint density at radius 1 is 1.16 bits per heavy atom. The Balaban J connectivity index is 1.46. The molecule has 0 radical (unpaired) electrons. The van der Waals surface area contributed by atoms with Crippen LogP contribution in [0.2, 0.25) is 0 Å². The lowest BCUT2D eigenvalue weighted by Gasteiger charge is -2.13. The number of thioether (sulfide) groups is 1. The highest BCUT2D eigenvalue weighted by atomic mass is 32.2. The molecule has 4 rings (SSSR count). The van der Waals surface area contributed by atoms with Crippen LogP contribution in [0.5, 0.6) is 0 Å². The first-order chi connectivity index (χ1) is 14.9. The zero-order chi connectivity index (χ0) is 22.0. The quantitative estimate of drug-likeness (QED) is 0.383. The molecule has 1 aromatic carbocycles. The van der Waals surface area contributed by atoms with Gasteiger partial charge in [0.25, 0.3) is 0 Å². The molecule has 2 aromatic heterocycles. The van der Waals surface area contributed by atoms with Crippen LogP contribution in [0.1, 0.15) is 61.5 Å². The zero-order valence-corrected chi connectivity index (χ0v) is 18.7. The molecule has 7 nitrogen and oxygen atoms in total. The first kappa shape index (κ1) is 21.4.